The Kier molecular flexibility index (Phi) is 5.99. The third-order valence-electron chi connectivity index (χ3n) is 3.12. The van der Waals surface area contributed by atoms with Crippen LogP contribution in [0.15, 0.2) is 46.9 Å². The first-order chi connectivity index (χ1) is 9.60. The number of nitrogens with one attached hydrogen (secondary N) is 1. The average molecular weight is 448 g/mol. The maximum Gasteiger partial charge on any atom is 0.124 e. The van der Waals surface area contributed by atoms with Gasteiger partial charge in [0.25, 0.3) is 0 Å². The van der Waals surface area contributed by atoms with Crippen molar-refractivity contribution in [3.63, 3.8) is 0 Å². The first-order valence-electron chi connectivity index (χ1n) is 6.53. The van der Waals surface area contributed by atoms with Crippen molar-refractivity contribution in [2.24, 2.45) is 0 Å². The molecular weight excluding hydrogens is 432 g/mol. The average Bonchev–Trinajstić information content (AvgIpc) is 2.38. The van der Waals surface area contributed by atoms with Crippen LogP contribution in [-0.2, 0) is 6.42 Å². The van der Waals surface area contributed by atoms with Gasteiger partial charge in [-0.1, -0.05) is 41.1 Å². The smallest absolute Gasteiger partial charge is 0.124 e. The third-order valence-corrected chi connectivity index (χ3v) is 4.54. The van der Waals surface area contributed by atoms with Gasteiger partial charge in [0.05, 0.1) is 0 Å². The fraction of sp³-hybridized carbons (Fsp3) is 0.250. The highest BCUT2D eigenvalue weighted by atomic mass is 127. The lowest BCUT2D eigenvalue weighted by molar-refractivity contribution is 0.545. The summed E-state index contributed by atoms with van der Waals surface area (Å²) in [5.41, 5.74) is 2.40. The zero-order valence-electron chi connectivity index (χ0n) is 11.2. The van der Waals surface area contributed by atoms with Crippen molar-refractivity contribution in [3.8, 4) is 0 Å². The summed E-state index contributed by atoms with van der Waals surface area (Å²) in [4.78, 5) is 0. The van der Waals surface area contributed by atoms with Crippen LogP contribution >= 0.6 is 38.5 Å². The summed E-state index contributed by atoms with van der Waals surface area (Å²) in [6, 6.07) is 13.5. The molecule has 2 rings (SSSR count). The van der Waals surface area contributed by atoms with Gasteiger partial charge in [-0.25, -0.2) is 4.39 Å². The fourth-order valence-corrected chi connectivity index (χ4v) is 3.52. The molecule has 0 fully saturated rings. The van der Waals surface area contributed by atoms with E-state index in [1.165, 1.54) is 11.6 Å². The van der Waals surface area contributed by atoms with Crippen molar-refractivity contribution in [2.75, 3.05) is 6.54 Å². The molecule has 4 heteroatoms. The zero-order chi connectivity index (χ0) is 14.5. The van der Waals surface area contributed by atoms with Crippen molar-refractivity contribution < 1.29 is 4.39 Å². The highest BCUT2D eigenvalue weighted by Gasteiger charge is 2.14. The minimum Gasteiger partial charge on any atom is -0.310 e. The van der Waals surface area contributed by atoms with Gasteiger partial charge in [-0.2, -0.15) is 0 Å². The molecule has 0 bridgehead atoms. The Hall–Kier alpha value is -0.460. The molecule has 0 amide bonds. The molecule has 20 heavy (non-hydrogen) atoms. The summed E-state index contributed by atoms with van der Waals surface area (Å²) < 4.78 is 15.3. The number of hydrogen-bond acceptors (Lipinski definition) is 1. The van der Waals surface area contributed by atoms with E-state index in [2.05, 4.69) is 62.9 Å². The highest BCUT2D eigenvalue weighted by molar-refractivity contribution is 14.1. The molecule has 2 aromatic carbocycles. The Morgan fingerprint density at radius 3 is 2.70 bits per heavy atom. The lowest BCUT2D eigenvalue weighted by Crippen LogP contribution is -2.23. The summed E-state index contributed by atoms with van der Waals surface area (Å²) >= 11 is 5.70. The molecule has 1 nitrogen and oxygen atoms in total. The summed E-state index contributed by atoms with van der Waals surface area (Å²) in [6.45, 7) is 2.97. The maximum absolute atomic E-state index is 13.2. The minimum atomic E-state index is -0.184. The van der Waals surface area contributed by atoms with Gasteiger partial charge in [-0.05, 0) is 70.9 Å². The molecule has 106 valence electrons. The van der Waals surface area contributed by atoms with Crippen LogP contribution in [0, 0.1) is 9.39 Å². The minimum absolute atomic E-state index is 0.184. The lowest BCUT2D eigenvalue weighted by atomic mass is 9.99. The molecule has 1 unspecified atom stereocenters. The second-order valence-electron chi connectivity index (χ2n) is 4.61. The van der Waals surface area contributed by atoms with Crippen LogP contribution in [0.5, 0.6) is 0 Å². The first kappa shape index (κ1) is 15.9. The van der Waals surface area contributed by atoms with Gasteiger partial charge in [0.2, 0.25) is 0 Å². The van der Waals surface area contributed by atoms with Crippen LogP contribution in [0.1, 0.15) is 24.1 Å². The van der Waals surface area contributed by atoms with Crippen LogP contribution in [0.3, 0.4) is 0 Å². The molecule has 0 saturated carbocycles. The molecule has 1 atom stereocenters. The number of hydrogen-bond donors (Lipinski definition) is 1. The van der Waals surface area contributed by atoms with E-state index in [-0.39, 0.29) is 11.9 Å². The molecule has 0 aliphatic heterocycles. The normalized spacial score (nSPS) is 12.4. The van der Waals surface area contributed by atoms with Gasteiger partial charge in [0, 0.05) is 14.1 Å². The molecule has 0 radical (unpaired) electrons. The Morgan fingerprint density at radius 2 is 2.05 bits per heavy atom. The maximum atomic E-state index is 13.2. The van der Waals surface area contributed by atoms with E-state index in [0.29, 0.717) is 0 Å². The van der Waals surface area contributed by atoms with Crippen LogP contribution in [0.2, 0.25) is 0 Å². The molecule has 0 aliphatic rings. The fourth-order valence-electron chi connectivity index (χ4n) is 2.22. The van der Waals surface area contributed by atoms with Crippen LogP contribution in [0.25, 0.3) is 0 Å². The molecule has 1 N–H and O–H groups in total. The van der Waals surface area contributed by atoms with Crippen molar-refractivity contribution in [3.05, 3.63) is 67.5 Å². The van der Waals surface area contributed by atoms with Crippen LogP contribution in [-0.4, -0.2) is 6.54 Å². The van der Waals surface area contributed by atoms with E-state index in [4.69, 9.17) is 0 Å². The first-order valence-corrected chi connectivity index (χ1v) is 8.40. The van der Waals surface area contributed by atoms with Crippen molar-refractivity contribution in [1.29, 1.82) is 0 Å². The molecule has 2 aromatic rings. The number of rotatable bonds is 5. The van der Waals surface area contributed by atoms with E-state index in [1.807, 2.05) is 18.2 Å². The predicted molar refractivity (Wildman–Crippen MR) is 93.4 cm³/mol. The van der Waals surface area contributed by atoms with E-state index >= 15 is 0 Å². The largest absolute Gasteiger partial charge is 0.310 e. The lowest BCUT2D eigenvalue weighted by Gasteiger charge is -2.20. The van der Waals surface area contributed by atoms with Gasteiger partial charge >= 0.3 is 0 Å². The van der Waals surface area contributed by atoms with Crippen molar-refractivity contribution in [2.45, 2.75) is 19.4 Å². The summed E-state index contributed by atoms with van der Waals surface area (Å²) in [5, 5.41) is 3.48. The van der Waals surface area contributed by atoms with Gasteiger partial charge < -0.3 is 5.32 Å². The second kappa shape index (κ2) is 7.52. The monoisotopic (exact) mass is 447 g/mol. The van der Waals surface area contributed by atoms with Gasteiger partial charge in [0.1, 0.15) is 5.82 Å². The SMILES string of the molecule is CCNC(Cc1cccc(Br)c1)c1ccc(F)cc1I. The highest BCUT2D eigenvalue weighted by Crippen LogP contribution is 2.25. The Labute approximate surface area is 141 Å². The summed E-state index contributed by atoms with van der Waals surface area (Å²) in [7, 11) is 0. The molecular formula is C16H16BrFIN. The van der Waals surface area contributed by atoms with E-state index < -0.39 is 0 Å². The molecule has 0 heterocycles. The summed E-state index contributed by atoms with van der Waals surface area (Å²) in [5.74, 6) is -0.184. The van der Waals surface area contributed by atoms with Crippen LogP contribution < -0.4 is 5.32 Å². The Morgan fingerprint density at radius 1 is 1.25 bits per heavy atom. The van der Waals surface area contributed by atoms with Crippen LogP contribution in [0.4, 0.5) is 4.39 Å². The van der Waals surface area contributed by atoms with Gasteiger partial charge in [-0.15, -0.1) is 0 Å². The van der Waals surface area contributed by atoms with Crippen molar-refractivity contribution in [1.82, 2.24) is 5.32 Å². The quantitative estimate of drug-likeness (QED) is 0.629. The van der Waals surface area contributed by atoms with Gasteiger partial charge in [-0.3, -0.25) is 0 Å². The van der Waals surface area contributed by atoms with Gasteiger partial charge in [0.15, 0.2) is 0 Å². The number of halogens is 3. The summed E-state index contributed by atoms with van der Waals surface area (Å²) in [6.07, 6.45) is 0.884. The topological polar surface area (TPSA) is 12.0 Å². The number of benzene rings is 2. The Bertz CT molecular complexity index is 588. The number of likely N-dealkylation sites (N-methyl/N-ethyl adjacent to an activating group) is 1. The molecule has 0 aromatic heterocycles. The zero-order valence-corrected chi connectivity index (χ0v) is 14.9. The van der Waals surface area contributed by atoms with E-state index in [1.54, 1.807) is 6.07 Å². The standard InChI is InChI=1S/C16H16BrFIN/c1-2-20-16(9-11-4-3-5-12(17)8-11)14-7-6-13(18)10-15(14)19/h3-8,10,16,20H,2,9H2,1H3. The van der Waals surface area contributed by atoms with Crippen molar-refractivity contribution >= 4 is 38.5 Å². The Balaban J connectivity index is 2.26. The molecule has 0 spiro atoms. The molecule has 0 saturated heterocycles. The second-order valence-corrected chi connectivity index (χ2v) is 6.69. The van der Waals surface area contributed by atoms with E-state index in [0.717, 1.165) is 26.6 Å². The third kappa shape index (κ3) is 4.27. The molecule has 0 aliphatic carbocycles. The predicted octanol–water partition coefficient (Wildman–Crippen LogP) is 5.09. The van der Waals surface area contributed by atoms with E-state index in [9.17, 15) is 4.39 Å².